The molecule has 3 aromatic rings. The number of aliphatic hydroxyl groups is 1. The first-order valence-electron chi connectivity index (χ1n) is 12.2. The largest absolute Gasteiger partial charge is 0.491 e. The van der Waals surface area contributed by atoms with E-state index in [4.69, 9.17) is 4.74 Å². The summed E-state index contributed by atoms with van der Waals surface area (Å²) in [6.45, 7) is 6.98. The number of nitrogens with zero attached hydrogens (tertiary/aromatic N) is 2. The third-order valence-electron chi connectivity index (χ3n) is 6.38. The van der Waals surface area contributed by atoms with Crippen molar-refractivity contribution >= 4 is 0 Å². The highest BCUT2D eigenvalue weighted by Crippen LogP contribution is 2.29. The molecule has 0 unspecified atom stereocenters. The van der Waals surface area contributed by atoms with E-state index in [0.717, 1.165) is 44.8 Å². The molecule has 0 aliphatic carbocycles. The zero-order valence-electron chi connectivity index (χ0n) is 19.6. The van der Waals surface area contributed by atoms with Gasteiger partial charge in [0.15, 0.2) is 0 Å². The molecule has 4 nitrogen and oxygen atoms in total. The molecule has 1 N–H and O–H groups in total. The van der Waals surface area contributed by atoms with E-state index in [-0.39, 0.29) is 6.04 Å². The van der Waals surface area contributed by atoms with Crippen LogP contribution < -0.4 is 4.74 Å². The summed E-state index contributed by atoms with van der Waals surface area (Å²) in [4.78, 5) is 4.91. The second-order valence-electron chi connectivity index (χ2n) is 8.92. The van der Waals surface area contributed by atoms with E-state index in [1.807, 2.05) is 12.1 Å². The van der Waals surface area contributed by atoms with Gasteiger partial charge in [0.25, 0.3) is 0 Å². The van der Waals surface area contributed by atoms with Crippen LogP contribution in [0.25, 0.3) is 0 Å². The van der Waals surface area contributed by atoms with E-state index < -0.39 is 6.10 Å². The van der Waals surface area contributed by atoms with Crippen LogP contribution in [0.3, 0.4) is 0 Å². The number of rotatable bonds is 10. The first-order chi connectivity index (χ1) is 16.2. The molecule has 0 radical (unpaired) electrons. The Hall–Kier alpha value is -2.66. The van der Waals surface area contributed by atoms with Crippen LogP contribution in [0.1, 0.15) is 36.1 Å². The van der Waals surface area contributed by atoms with Crippen molar-refractivity contribution in [1.82, 2.24) is 9.80 Å². The summed E-state index contributed by atoms with van der Waals surface area (Å²) in [7, 11) is 0. The number of β-amino-alcohol motifs (C(OH)–C–C–N with tert-alkyl or cyclic N) is 1. The average molecular weight is 445 g/mol. The van der Waals surface area contributed by atoms with Crippen molar-refractivity contribution in [1.29, 1.82) is 0 Å². The molecule has 1 aliphatic heterocycles. The minimum absolute atomic E-state index is 0.262. The fourth-order valence-corrected chi connectivity index (χ4v) is 4.67. The van der Waals surface area contributed by atoms with Crippen molar-refractivity contribution in [3.05, 3.63) is 102 Å². The fraction of sp³-hybridized carbons (Fsp3) is 0.379. The molecule has 0 aromatic heterocycles. The molecule has 1 saturated heterocycles. The molecular weight excluding hydrogens is 408 g/mol. The lowest BCUT2D eigenvalue weighted by atomic mass is 9.96. The highest BCUT2D eigenvalue weighted by atomic mass is 16.5. The Kier molecular flexibility index (Phi) is 8.53. The second kappa shape index (κ2) is 12.0. The Morgan fingerprint density at radius 1 is 0.788 bits per heavy atom. The predicted octanol–water partition coefficient (Wildman–Crippen LogP) is 4.79. The van der Waals surface area contributed by atoms with Crippen LogP contribution in [0, 0.1) is 0 Å². The highest BCUT2D eigenvalue weighted by molar-refractivity contribution is 5.32. The van der Waals surface area contributed by atoms with Gasteiger partial charge in [-0.15, -0.1) is 0 Å². The third kappa shape index (κ3) is 6.67. The predicted molar refractivity (Wildman–Crippen MR) is 135 cm³/mol. The first kappa shape index (κ1) is 23.5. The van der Waals surface area contributed by atoms with Crippen LogP contribution in [-0.2, 0) is 6.42 Å². The maximum atomic E-state index is 10.6. The number of benzene rings is 3. The molecule has 0 spiro atoms. The maximum absolute atomic E-state index is 10.6. The lowest BCUT2D eigenvalue weighted by molar-refractivity contribution is 0.0401. The molecule has 0 bridgehead atoms. The van der Waals surface area contributed by atoms with Gasteiger partial charge in [-0.3, -0.25) is 9.80 Å². The lowest BCUT2D eigenvalue weighted by Gasteiger charge is -2.40. The average Bonchev–Trinajstić information content (AvgIpc) is 2.86. The number of ether oxygens (including phenoxy) is 1. The fourth-order valence-electron chi connectivity index (χ4n) is 4.67. The first-order valence-corrected chi connectivity index (χ1v) is 12.2. The van der Waals surface area contributed by atoms with Crippen LogP contribution in [-0.4, -0.2) is 60.3 Å². The molecule has 174 valence electrons. The van der Waals surface area contributed by atoms with Crippen molar-refractivity contribution in [2.75, 3.05) is 39.3 Å². The van der Waals surface area contributed by atoms with Crippen molar-refractivity contribution < 1.29 is 9.84 Å². The molecule has 0 amide bonds. The molecule has 1 heterocycles. The standard InChI is InChI=1S/C29H36N2O2/c1-2-9-24-14-16-28(17-15-24)33-23-27(32)22-30-18-20-31(21-19-30)29(25-10-5-3-6-11-25)26-12-7-4-8-13-26/h3-8,10-17,27,29,32H,2,9,18-23H2,1H3/t27-/m0/s1. The zero-order chi connectivity index (χ0) is 22.9. The Balaban J connectivity index is 1.28. The zero-order valence-corrected chi connectivity index (χ0v) is 19.6. The van der Waals surface area contributed by atoms with Gasteiger partial charge in [0.1, 0.15) is 18.5 Å². The molecule has 4 rings (SSSR count). The minimum atomic E-state index is -0.495. The van der Waals surface area contributed by atoms with Gasteiger partial charge < -0.3 is 9.84 Å². The number of aliphatic hydroxyl groups excluding tert-OH is 1. The van der Waals surface area contributed by atoms with Crippen molar-refractivity contribution in [2.24, 2.45) is 0 Å². The summed E-state index contributed by atoms with van der Waals surface area (Å²) in [5.74, 6) is 0.826. The number of hydrogen-bond donors (Lipinski definition) is 1. The normalized spacial score (nSPS) is 16.1. The summed E-state index contributed by atoms with van der Waals surface area (Å²) >= 11 is 0. The quantitative estimate of drug-likeness (QED) is 0.488. The van der Waals surface area contributed by atoms with Crippen LogP contribution in [0.15, 0.2) is 84.9 Å². The van der Waals surface area contributed by atoms with E-state index >= 15 is 0 Å². The summed E-state index contributed by atoms with van der Waals surface area (Å²) in [5.41, 5.74) is 3.98. The summed E-state index contributed by atoms with van der Waals surface area (Å²) in [6, 6.07) is 30.0. The molecule has 0 saturated carbocycles. The van der Waals surface area contributed by atoms with E-state index in [1.165, 1.54) is 16.7 Å². The van der Waals surface area contributed by atoms with Crippen molar-refractivity contribution in [3.63, 3.8) is 0 Å². The summed E-state index contributed by atoms with van der Waals surface area (Å²) < 4.78 is 5.83. The number of piperazine rings is 1. The van der Waals surface area contributed by atoms with Gasteiger partial charge in [0, 0.05) is 32.7 Å². The van der Waals surface area contributed by atoms with Crippen LogP contribution >= 0.6 is 0 Å². The smallest absolute Gasteiger partial charge is 0.119 e. The molecule has 4 heteroatoms. The van der Waals surface area contributed by atoms with Crippen LogP contribution in [0.4, 0.5) is 0 Å². The van der Waals surface area contributed by atoms with Gasteiger partial charge in [0.05, 0.1) is 6.04 Å². The van der Waals surface area contributed by atoms with Crippen molar-refractivity contribution in [2.45, 2.75) is 31.9 Å². The van der Waals surface area contributed by atoms with Gasteiger partial charge in [-0.2, -0.15) is 0 Å². The van der Waals surface area contributed by atoms with Gasteiger partial charge in [-0.05, 0) is 35.2 Å². The summed E-state index contributed by atoms with van der Waals surface area (Å²) in [6.07, 6.45) is 1.74. The maximum Gasteiger partial charge on any atom is 0.119 e. The molecule has 1 aliphatic rings. The van der Waals surface area contributed by atoms with E-state index in [2.05, 4.69) is 89.5 Å². The molecular formula is C29H36N2O2. The van der Waals surface area contributed by atoms with E-state index in [1.54, 1.807) is 0 Å². The topological polar surface area (TPSA) is 35.9 Å². The van der Waals surface area contributed by atoms with Crippen molar-refractivity contribution in [3.8, 4) is 5.75 Å². The molecule has 1 fully saturated rings. The monoisotopic (exact) mass is 444 g/mol. The van der Waals surface area contributed by atoms with Gasteiger partial charge >= 0.3 is 0 Å². The SMILES string of the molecule is CCCc1ccc(OC[C@@H](O)CN2CCN(C(c3ccccc3)c3ccccc3)CC2)cc1. The summed E-state index contributed by atoms with van der Waals surface area (Å²) in [5, 5.41) is 10.6. The Morgan fingerprint density at radius 2 is 1.36 bits per heavy atom. The lowest BCUT2D eigenvalue weighted by Crippen LogP contribution is -2.50. The van der Waals surface area contributed by atoms with Crippen LogP contribution in [0.5, 0.6) is 5.75 Å². The van der Waals surface area contributed by atoms with Gasteiger partial charge in [-0.25, -0.2) is 0 Å². The molecule has 3 aromatic carbocycles. The number of hydrogen-bond acceptors (Lipinski definition) is 4. The van der Waals surface area contributed by atoms with Gasteiger partial charge in [0.2, 0.25) is 0 Å². The molecule has 33 heavy (non-hydrogen) atoms. The Labute approximate surface area is 198 Å². The van der Waals surface area contributed by atoms with E-state index in [9.17, 15) is 5.11 Å². The Morgan fingerprint density at radius 3 is 1.91 bits per heavy atom. The third-order valence-corrected chi connectivity index (χ3v) is 6.38. The van der Waals surface area contributed by atoms with Crippen LogP contribution in [0.2, 0.25) is 0 Å². The minimum Gasteiger partial charge on any atom is -0.491 e. The van der Waals surface area contributed by atoms with Gasteiger partial charge in [-0.1, -0.05) is 86.1 Å². The second-order valence-corrected chi connectivity index (χ2v) is 8.92. The highest BCUT2D eigenvalue weighted by Gasteiger charge is 2.27. The number of aryl methyl sites for hydroxylation is 1. The Bertz CT molecular complexity index is 899. The van der Waals surface area contributed by atoms with E-state index in [0.29, 0.717) is 13.2 Å². The molecule has 1 atom stereocenters.